The third kappa shape index (κ3) is 5.00. The minimum atomic E-state index is 0.490. The Morgan fingerprint density at radius 3 is 2.42 bits per heavy atom. The molecule has 4 nitrogen and oxygen atoms in total. The number of benzene rings is 3. The SMILES string of the molecule is Cc1ccc(-c2csc(C(C#N)=CNc3ccc(Oc4ccccc4)cc3)n2)cc1C. The lowest BCUT2D eigenvalue weighted by atomic mass is 10.1. The number of thiazole rings is 1. The van der Waals surface area contributed by atoms with Gasteiger partial charge in [0.1, 0.15) is 28.1 Å². The molecule has 0 amide bonds. The Morgan fingerprint density at radius 1 is 0.968 bits per heavy atom. The van der Waals surface area contributed by atoms with Crippen LogP contribution in [-0.4, -0.2) is 4.98 Å². The molecular weight excluding hydrogens is 402 g/mol. The summed E-state index contributed by atoms with van der Waals surface area (Å²) in [7, 11) is 0. The fourth-order valence-corrected chi connectivity index (χ4v) is 3.77. The summed E-state index contributed by atoms with van der Waals surface area (Å²) in [5, 5.41) is 15.5. The van der Waals surface area contributed by atoms with Crippen molar-refractivity contribution in [3.05, 3.63) is 101 Å². The van der Waals surface area contributed by atoms with E-state index in [1.807, 2.05) is 60.0 Å². The molecule has 0 atom stereocenters. The Balaban J connectivity index is 1.46. The molecule has 3 aromatic carbocycles. The topological polar surface area (TPSA) is 57.9 Å². The van der Waals surface area contributed by atoms with E-state index in [1.165, 1.54) is 22.5 Å². The van der Waals surface area contributed by atoms with Crippen LogP contribution in [0.15, 0.2) is 84.4 Å². The number of ether oxygens (including phenoxy) is 1. The van der Waals surface area contributed by atoms with E-state index in [9.17, 15) is 5.26 Å². The van der Waals surface area contributed by atoms with Gasteiger partial charge in [0.05, 0.1) is 5.69 Å². The first-order valence-electron chi connectivity index (χ1n) is 9.86. The van der Waals surface area contributed by atoms with Crippen LogP contribution in [0.4, 0.5) is 5.69 Å². The highest BCUT2D eigenvalue weighted by molar-refractivity contribution is 7.11. The highest BCUT2D eigenvalue weighted by Crippen LogP contribution is 2.28. The number of rotatable bonds is 6. The number of nitrogens with one attached hydrogen (secondary N) is 1. The molecule has 5 heteroatoms. The average Bonchev–Trinajstić information content (AvgIpc) is 3.28. The Hall–Kier alpha value is -3.88. The number of allylic oxidation sites excluding steroid dienone is 1. The zero-order valence-electron chi connectivity index (χ0n) is 17.3. The van der Waals surface area contributed by atoms with Crippen molar-refractivity contribution in [1.82, 2.24) is 4.98 Å². The zero-order chi connectivity index (χ0) is 21.6. The molecule has 0 bridgehead atoms. The van der Waals surface area contributed by atoms with Gasteiger partial charge in [0.2, 0.25) is 0 Å². The van der Waals surface area contributed by atoms with E-state index in [0.717, 1.165) is 28.4 Å². The van der Waals surface area contributed by atoms with Crippen LogP contribution in [0.2, 0.25) is 0 Å². The van der Waals surface area contributed by atoms with E-state index >= 15 is 0 Å². The first-order chi connectivity index (χ1) is 15.1. The third-order valence-corrected chi connectivity index (χ3v) is 5.75. The van der Waals surface area contributed by atoms with Crippen molar-refractivity contribution in [1.29, 1.82) is 5.26 Å². The van der Waals surface area contributed by atoms with Crippen molar-refractivity contribution in [3.63, 3.8) is 0 Å². The lowest BCUT2D eigenvalue weighted by Gasteiger charge is -2.07. The van der Waals surface area contributed by atoms with Crippen molar-refractivity contribution >= 4 is 22.6 Å². The highest BCUT2D eigenvalue weighted by atomic mass is 32.1. The summed E-state index contributed by atoms with van der Waals surface area (Å²) in [5.41, 5.74) is 5.77. The van der Waals surface area contributed by atoms with Gasteiger partial charge in [0.15, 0.2) is 0 Å². The minimum absolute atomic E-state index is 0.490. The Bertz CT molecular complexity index is 1250. The summed E-state index contributed by atoms with van der Waals surface area (Å²) < 4.78 is 5.81. The lowest BCUT2D eigenvalue weighted by Crippen LogP contribution is -1.91. The van der Waals surface area contributed by atoms with Gasteiger partial charge in [0.25, 0.3) is 0 Å². The molecule has 0 spiro atoms. The van der Waals surface area contributed by atoms with Crippen molar-refractivity contribution in [3.8, 4) is 28.8 Å². The summed E-state index contributed by atoms with van der Waals surface area (Å²) in [6.45, 7) is 4.18. The fraction of sp³-hybridized carbons (Fsp3) is 0.0769. The quantitative estimate of drug-likeness (QED) is 0.333. The smallest absolute Gasteiger partial charge is 0.136 e. The van der Waals surface area contributed by atoms with Gasteiger partial charge in [-0.2, -0.15) is 5.26 Å². The number of hydrogen-bond donors (Lipinski definition) is 1. The van der Waals surface area contributed by atoms with Crippen LogP contribution < -0.4 is 10.1 Å². The number of aryl methyl sites for hydroxylation is 2. The maximum absolute atomic E-state index is 9.61. The normalized spacial score (nSPS) is 11.1. The average molecular weight is 424 g/mol. The molecule has 0 saturated carbocycles. The molecule has 4 rings (SSSR count). The number of nitrogens with zero attached hydrogens (tertiary/aromatic N) is 2. The van der Waals surface area contributed by atoms with Crippen LogP contribution in [0.5, 0.6) is 11.5 Å². The number of anilines is 1. The predicted octanol–water partition coefficient (Wildman–Crippen LogP) is 7.20. The number of nitriles is 1. The predicted molar refractivity (Wildman–Crippen MR) is 127 cm³/mol. The van der Waals surface area contributed by atoms with E-state index < -0.39 is 0 Å². The van der Waals surface area contributed by atoms with Gasteiger partial charge in [0, 0.05) is 22.8 Å². The molecular formula is C26H21N3OS. The maximum Gasteiger partial charge on any atom is 0.136 e. The van der Waals surface area contributed by atoms with Crippen LogP contribution in [-0.2, 0) is 0 Å². The van der Waals surface area contributed by atoms with Crippen molar-refractivity contribution in [2.24, 2.45) is 0 Å². The van der Waals surface area contributed by atoms with Crippen molar-refractivity contribution in [2.45, 2.75) is 13.8 Å². The van der Waals surface area contributed by atoms with E-state index in [0.29, 0.717) is 10.6 Å². The van der Waals surface area contributed by atoms with Crippen LogP contribution >= 0.6 is 11.3 Å². The van der Waals surface area contributed by atoms with E-state index in [2.05, 4.69) is 48.4 Å². The van der Waals surface area contributed by atoms with Crippen LogP contribution in [0.3, 0.4) is 0 Å². The second kappa shape index (κ2) is 9.29. The first kappa shape index (κ1) is 20.4. The van der Waals surface area contributed by atoms with E-state index in [1.54, 1.807) is 6.20 Å². The summed E-state index contributed by atoms with van der Waals surface area (Å²) in [4.78, 5) is 4.66. The summed E-state index contributed by atoms with van der Waals surface area (Å²) in [5.74, 6) is 1.54. The zero-order valence-corrected chi connectivity index (χ0v) is 18.1. The summed E-state index contributed by atoms with van der Waals surface area (Å²) in [6.07, 6.45) is 1.69. The molecule has 0 saturated heterocycles. The number of para-hydroxylation sites is 1. The Kier molecular flexibility index (Phi) is 6.11. The Labute approximate surface area is 186 Å². The molecule has 0 unspecified atom stereocenters. The minimum Gasteiger partial charge on any atom is -0.457 e. The molecule has 1 N–H and O–H groups in total. The van der Waals surface area contributed by atoms with E-state index in [-0.39, 0.29) is 0 Å². The molecule has 1 heterocycles. The standard InChI is InChI=1S/C26H21N3OS/c1-18-8-9-20(14-19(18)2)25-17-31-26(29-25)21(15-27)16-28-22-10-12-24(13-11-22)30-23-6-4-3-5-7-23/h3-14,16-17,28H,1-2H3. The van der Waals surface area contributed by atoms with Gasteiger partial charge in [-0.05, 0) is 67.4 Å². The van der Waals surface area contributed by atoms with Gasteiger partial charge in [-0.15, -0.1) is 11.3 Å². The Morgan fingerprint density at radius 2 is 1.71 bits per heavy atom. The number of hydrogen-bond acceptors (Lipinski definition) is 5. The van der Waals surface area contributed by atoms with Gasteiger partial charge in [-0.1, -0.05) is 30.3 Å². The van der Waals surface area contributed by atoms with Crippen LogP contribution in [0.1, 0.15) is 16.1 Å². The van der Waals surface area contributed by atoms with Gasteiger partial charge in [-0.25, -0.2) is 4.98 Å². The monoisotopic (exact) mass is 423 g/mol. The highest BCUT2D eigenvalue weighted by Gasteiger charge is 2.10. The van der Waals surface area contributed by atoms with Crippen molar-refractivity contribution < 1.29 is 4.74 Å². The van der Waals surface area contributed by atoms with Crippen molar-refractivity contribution in [2.75, 3.05) is 5.32 Å². The second-order valence-corrected chi connectivity index (χ2v) is 7.95. The lowest BCUT2D eigenvalue weighted by molar-refractivity contribution is 0.483. The molecule has 0 aliphatic heterocycles. The number of aromatic nitrogens is 1. The summed E-state index contributed by atoms with van der Waals surface area (Å²) in [6, 6.07) is 25.8. The molecule has 0 fully saturated rings. The fourth-order valence-electron chi connectivity index (χ4n) is 2.97. The molecule has 4 aromatic rings. The molecule has 31 heavy (non-hydrogen) atoms. The van der Waals surface area contributed by atoms with Gasteiger partial charge in [-0.3, -0.25) is 0 Å². The molecule has 0 aliphatic carbocycles. The summed E-state index contributed by atoms with van der Waals surface area (Å²) >= 11 is 1.46. The van der Waals surface area contributed by atoms with Crippen LogP contribution in [0, 0.1) is 25.2 Å². The molecule has 152 valence electrons. The largest absolute Gasteiger partial charge is 0.457 e. The second-order valence-electron chi connectivity index (χ2n) is 7.09. The van der Waals surface area contributed by atoms with Gasteiger partial charge >= 0.3 is 0 Å². The molecule has 0 radical (unpaired) electrons. The maximum atomic E-state index is 9.61. The van der Waals surface area contributed by atoms with Gasteiger partial charge < -0.3 is 10.1 Å². The molecule has 0 aliphatic rings. The first-order valence-corrected chi connectivity index (χ1v) is 10.7. The third-order valence-electron chi connectivity index (χ3n) is 4.87. The van der Waals surface area contributed by atoms with Crippen LogP contribution in [0.25, 0.3) is 16.8 Å². The van der Waals surface area contributed by atoms with E-state index in [4.69, 9.17) is 4.74 Å². The molecule has 1 aromatic heterocycles.